The highest BCUT2D eigenvalue weighted by Gasteiger charge is 2.46. The van der Waals surface area contributed by atoms with Crippen molar-refractivity contribution in [1.29, 1.82) is 0 Å². The van der Waals surface area contributed by atoms with Crippen molar-refractivity contribution in [3.05, 3.63) is 64.6 Å². The molecule has 3 aromatic carbocycles. The summed E-state index contributed by atoms with van der Waals surface area (Å²) in [6.45, 7) is 0.645. The van der Waals surface area contributed by atoms with Crippen LogP contribution < -0.4 is 20.1 Å². The van der Waals surface area contributed by atoms with E-state index in [-0.39, 0.29) is 11.3 Å². The Labute approximate surface area is 221 Å². The van der Waals surface area contributed by atoms with Crippen LogP contribution in [-0.4, -0.2) is 71.5 Å². The second-order valence-corrected chi connectivity index (χ2v) is 9.46. The molecule has 0 radical (unpaired) electrons. The molecule has 3 aromatic rings. The smallest absolute Gasteiger partial charge is 0.259 e. The second-order valence-electron chi connectivity index (χ2n) is 8.55. The minimum absolute atomic E-state index is 0.0999. The predicted molar refractivity (Wildman–Crippen MR) is 139 cm³/mol. The number of aliphatic hydroxyl groups is 3. The van der Waals surface area contributed by atoms with Gasteiger partial charge in [-0.2, -0.15) is 0 Å². The van der Waals surface area contributed by atoms with Crippen molar-refractivity contribution in [3.63, 3.8) is 0 Å². The highest BCUT2D eigenvalue weighted by atomic mass is 79.9. The highest BCUT2D eigenvalue weighted by molar-refractivity contribution is 9.10. The lowest BCUT2D eigenvalue weighted by Gasteiger charge is -2.42. The van der Waals surface area contributed by atoms with E-state index in [0.717, 1.165) is 15.2 Å². The van der Waals surface area contributed by atoms with Crippen LogP contribution in [-0.2, 0) is 9.53 Å². The number of benzene rings is 3. The number of amides is 2. The molecule has 10 nitrogen and oxygen atoms in total. The first-order chi connectivity index (χ1) is 17.7. The fourth-order valence-electron chi connectivity index (χ4n) is 4.16. The molecule has 0 unspecified atom stereocenters. The average Bonchev–Trinajstić information content (AvgIpc) is 2.88. The number of hydrogen-bond acceptors (Lipinski definition) is 8. The van der Waals surface area contributed by atoms with Crippen LogP contribution in [0.3, 0.4) is 0 Å². The maximum absolute atomic E-state index is 13.5. The molecule has 1 fully saturated rings. The highest BCUT2D eigenvalue weighted by Crippen LogP contribution is 2.33. The summed E-state index contributed by atoms with van der Waals surface area (Å²) < 4.78 is 17.9. The van der Waals surface area contributed by atoms with Gasteiger partial charge in [-0.15, -0.1) is 0 Å². The zero-order valence-corrected chi connectivity index (χ0v) is 21.6. The molecule has 4 rings (SSSR count). The topological polar surface area (TPSA) is 147 Å². The summed E-state index contributed by atoms with van der Waals surface area (Å²) in [7, 11) is 1.49. The second kappa shape index (κ2) is 11.4. The van der Waals surface area contributed by atoms with Gasteiger partial charge in [0.15, 0.2) is 0 Å². The quantitative estimate of drug-likeness (QED) is 0.288. The molecule has 0 saturated carbocycles. The van der Waals surface area contributed by atoms with Gasteiger partial charge in [0.05, 0.1) is 25.0 Å². The first-order valence-corrected chi connectivity index (χ1v) is 12.2. The van der Waals surface area contributed by atoms with E-state index >= 15 is 0 Å². The van der Waals surface area contributed by atoms with Crippen molar-refractivity contribution in [1.82, 2.24) is 5.32 Å². The molecular formula is C26H27BrN2O8. The predicted octanol–water partition coefficient (Wildman–Crippen LogP) is 2.19. The molecule has 1 saturated heterocycles. The molecule has 1 aliphatic heterocycles. The van der Waals surface area contributed by atoms with Gasteiger partial charge in [-0.1, -0.05) is 34.1 Å². The van der Waals surface area contributed by atoms with Gasteiger partial charge in [0.2, 0.25) is 12.2 Å². The number of carbonyl (C=O) groups is 2. The third-order valence-corrected chi connectivity index (χ3v) is 6.49. The fourth-order valence-corrected chi connectivity index (χ4v) is 4.54. The van der Waals surface area contributed by atoms with Gasteiger partial charge in [0.1, 0.15) is 35.9 Å². The van der Waals surface area contributed by atoms with Crippen LogP contribution in [0.1, 0.15) is 17.3 Å². The van der Waals surface area contributed by atoms with Crippen LogP contribution >= 0.6 is 15.9 Å². The number of ether oxygens (including phenoxy) is 3. The van der Waals surface area contributed by atoms with Crippen LogP contribution in [0.4, 0.5) is 5.69 Å². The van der Waals surface area contributed by atoms with Crippen LogP contribution in [0.25, 0.3) is 10.8 Å². The number of hydrogen-bond donors (Lipinski definition) is 5. The summed E-state index contributed by atoms with van der Waals surface area (Å²) in [6.07, 6.45) is -5.47. The molecule has 5 N–H and O–H groups in total. The third-order valence-electron chi connectivity index (χ3n) is 5.99. The van der Waals surface area contributed by atoms with Gasteiger partial charge in [0, 0.05) is 11.4 Å². The number of para-hydroxylation sites is 2. The van der Waals surface area contributed by atoms with E-state index in [0.29, 0.717) is 11.4 Å². The first kappa shape index (κ1) is 26.8. The van der Waals surface area contributed by atoms with Crippen LogP contribution in [0, 0.1) is 0 Å². The molecule has 196 valence electrons. The van der Waals surface area contributed by atoms with Crippen molar-refractivity contribution in [2.75, 3.05) is 19.0 Å². The number of rotatable bonds is 7. The summed E-state index contributed by atoms with van der Waals surface area (Å²) in [5.41, 5.74) is 0.585. The van der Waals surface area contributed by atoms with E-state index in [9.17, 15) is 24.9 Å². The summed E-state index contributed by atoms with van der Waals surface area (Å²) in [5, 5.41) is 37.4. The van der Waals surface area contributed by atoms with Gasteiger partial charge in [-0.25, -0.2) is 0 Å². The number of halogens is 1. The summed E-state index contributed by atoms with van der Waals surface area (Å²) >= 11 is 3.44. The molecule has 0 aromatic heterocycles. The van der Waals surface area contributed by atoms with E-state index < -0.39 is 49.1 Å². The zero-order chi connectivity index (χ0) is 26.7. The van der Waals surface area contributed by atoms with E-state index in [2.05, 4.69) is 26.6 Å². The SMILES string of the molecule is COc1ccccc1NC(=O)c1cc2cc(Br)ccc2cc1O[C@H]1O[C@@H](CO)[C@@H](O)[C@@H](O)[C@H]1NC(C)=O. The number of fused-ring (bicyclic) bond motifs is 1. The maximum Gasteiger partial charge on any atom is 0.259 e. The van der Waals surface area contributed by atoms with Crippen molar-refractivity contribution in [2.24, 2.45) is 0 Å². The lowest BCUT2D eigenvalue weighted by atomic mass is 9.96. The molecule has 2 amide bonds. The largest absolute Gasteiger partial charge is 0.495 e. The number of nitrogens with one attached hydrogen (secondary N) is 2. The number of carbonyl (C=O) groups excluding carboxylic acids is 2. The van der Waals surface area contributed by atoms with E-state index in [1.807, 2.05) is 18.2 Å². The Morgan fingerprint density at radius 2 is 1.78 bits per heavy atom. The molecule has 0 aliphatic carbocycles. The van der Waals surface area contributed by atoms with Gasteiger partial charge >= 0.3 is 0 Å². The summed E-state index contributed by atoms with van der Waals surface area (Å²) in [6, 6.07) is 14.5. The Hall–Kier alpha value is -3.22. The molecule has 5 atom stereocenters. The molecule has 0 spiro atoms. The average molecular weight is 575 g/mol. The van der Waals surface area contributed by atoms with Crippen molar-refractivity contribution in [2.45, 2.75) is 37.6 Å². The van der Waals surface area contributed by atoms with Crippen molar-refractivity contribution < 1.29 is 39.1 Å². The Kier molecular flexibility index (Phi) is 8.30. The summed E-state index contributed by atoms with van der Waals surface area (Å²) in [5.74, 6) is -0.435. The zero-order valence-electron chi connectivity index (χ0n) is 20.1. The third kappa shape index (κ3) is 5.86. The van der Waals surface area contributed by atoms with Gasteiger partial charge in [-0.05, 0) is 47.2 Å². The van der Waals surface area contributed by atoms with Gasteiger partial charge in [-0.3, -0.25) is 9.59 Å². The molecule has 1 heterocycles. The van der Waals surface area contributed by atoms with E-state index in [1.165, 1.54) is 14.0 Å². The lowest BCUT2D eigenvalue weighted by molar-refractivity contribution is -0.244. The normalized spacial score (nSPS) is 23.4. The molecule has 0 bridgehead atoms. The molecule has 37 heavy (non-hydrogen) atoms. The Morgan fingerprint density at radius 1 is 1.03 bits per heavy atom. The van der Waals surface area contributed by atoms with Crippen LogP contribution in [0.15, 0.2) is 59.1 Å². The standard InChI is InChI=1S/C26H27BrN2O8/c1-13(31)28-22-24(33)23(32)21(12-30)37-26(22)36-20-11-14-7-8-16(27)9-15(14)10-17(20)25(34)29-18-5-3-4-6-19(18)35-2/h3-11,21-24,26,30,32-33H,12H2,1-2H3,(H,28,31)(H,29,34)/t21-,22+,23+,24-,26-/m0/s1. The van der Waals surface area contributed by atoms with E-state index in [1.54, 1.807) is 36.4 Å². The van der Waals surface area contributed by atoms with Gasteiger partial charge < -0.3 is 40.2 Å². The lowest BCUT2D eigenvalue weighted by Crippen LogP contribution is -2.65. The van der Waals surface area contributed by atoms with Crippen LogP contribution in [0.5, 0.6) is 11.5 Å². The van der Waals surface area contributed by atoms with Crippen molar-refractivity contribution >= 4 is 44.2 Å². The first-order valence-electron chi connectivity index (χ1n) is 11.5. The fraction of sp³-hybridized carbons (Fsp3) is 0.308. The minimum atomic E-state index is -1.50. The number of anilines is 1. The van der Waals surface area contributed by atoms with Crippen LogP contribution in [0.2, 0.25) is 0 Å². The summed E-state index contributed by atoms with van der Waals surface area (Å²) in [4.78, 5) is 25.3. The molecule has 11 heteroatoms. The maximum atomic E-state index is 13.5. The van der Waals surface area contributed by atoms with Gasteiger partial charge in [0.25, 0.3) is 5.91 Å². The van der Waals surface area contributed by atoms with Crippen molar-refractivity contribution in [3.8, 4) is 11.5 Å². The Morgan fingerprint density at radius 3 is 2.49 bits per heavy atom. The monoisotopic (exact) mass is 574 g/mol. The Balaban J connectivity index is 1.75. The molecule has 1 aliphatic rings. The number of aliphatic hydroxyl groups excluding tert-OH is 3. The number of methoxy groups -OCH3 is 1. The Bertz CT molecular complexity index is 1300. The van der Waals surface area contributed by atoms with E-state index in [4.69, 9.17) is 14.2 Å². The minimum Gasteiger partial charge on any atom is -0.495 e. The molecular weight excluding hydrogens is 548 g/mol.